The van der Waals surface area contributed by atoms with Crippen LogP contribution in [0, 0.1) is 5.41 Å². The molecule has 16 heavy (non-hydrogen) atoms. The molecular weight excluding hydrogens is 208 g/mol. The number of aromatic nitrogens is 2. The van der Waals surface area contributed by atoms with Gasteiger partial charge in [0.25, 0.3) is 5.91 Å². The van der Waals surface area contributed by atoms with Gasteiger partial charge < -0.3 is 11.1 Å². The Bertz CT molecular complexity index is 399. The van der Waals surface area contributed by atoms with Crippen LogP contribution in [0.1, 0.15) is 43.6 Å². The van der Waals surface area contributed by atoms with Crippen LogP contribution >= 0.6 is 0 Å². The summed E-state index contributed by atoms with van der Waals surface area (Å²) in [6.45, 7) is 4.30. The Kier molecular flexibility index (Phi) is 2.57. The second-order valence-electron chi connectivity index (χ2n) is 4.90. The normalized spacial score (nSPS) is 23.2. The molecule has 0 radical (unpaired) electrons. The van der Waals surface area contributed by atoms with E-state index in [9.17, 15) is 4.79 Å². The summed E-state index contributed by atoms with van der Waals surface area (Å²) in [5.41, 5.74) is 5.65. The molecule has 0 aliphatic heterocycles. The highest BCUT2D eigenvalue weighted by atomic mass is 16.6. The number of nitrogens with two attached hydrogens (primary N) is 1. The predicted octanol–water partition coefficient (Wildman–Crippen LogP) is 0.960. The van der Waals surface area contributed by atoms with Crippen molar-refractivity contribution in [3.05, 3.63) is 5.69 Å². The molecule has 0 bridgehead atoms. The first-order chi connectivity index (χ1) is 7.50. The van der Waals surface area contributed by atoms with Crippen molar-refractivity contribution < 1.29 is 9.42 Å². The molecule has 6 heteroatoms. The Morgan fingerprint density at radius 1 is 1.56 bits per heavy atom. The number of rotatable bonds is 2. The average Bonchev–Trinajstić information content (AvgIpc) is 2.74. The number of nitrogens with one attached hydrogen (secondary N) is 1. The third-order valence-electron chi connectivity index (χ3n) is 3.29. The first-order valence-electron chi connectivity index (χ1n) is 5.39. The molecule has 1 fully saturated rings. The number of nitrogens with zero attached hydrogens (tertiary/aromatic N) is 2. The topological polar surface area (TPSA) is 94.0 Å². The summed E-state index contributed by atoms with van der Waals surface area (Å²) < 4.78 is 4.40. The molecule has 0 spiro atoms. The van der Waals surface area contributed by atoms with Crippen LogP contribution in [0.15, 0.2) is 4.63 Å². The average molecular weight is 224 g/mol. The highest BCUT2D eigenvalue weighted by Crippen LogP contribution is 2.37. The Hall–Kier alpha value is -1.59. The van der Waals surface area contributed by atoms with E-state index < -0.39 is 0 Å². The maximum atomic E-state index is 11.8. The molecule has 88 valence electrons. The third-order valence-corrected chi connectivity index (χ3v) is 3.29. The van der Waals surface area contributed by atoms with Crippen LogP contribution in [0.25, 0.3) is 0 Å². The number of amides is 1. The molecule has 1 aromatic rings. The highest BCUT2D eigenvalue weighted by molar-refractivity contribution is 5.96. The zero-order valence-electron chi connectivity index (χ0n) is 9.49. The number of hydrogen-bond donors (Lipinski definition) is 2. The van der Waals surface area contributed by atoms with E-state index in [0.29, 0.717) is 0 Å². The van der Waals surface area contributed by atoms with Crippen molar-refractivity contribution in [2.75, 3.05) is 5.73 Å². The van der Waals surface area contributed by atoms with Gasteiger partial charge in [-0.25, -0.2) is 4.63 Å². The fourth-order valence-corrected chi connectivity index (χ4v) is 2.17. The summed E-state index contributed by atoms with van der Waals surface area (Å²) in [6, 6.07) is 0.163. The van der Waals surface area contributed by atoms with Gasteiger partial charge in [-0.3, -0.25) is 4.79 Å². The van der Waals surface area contributed by atoms with Gasteiger partial charge in [-0.15, -0.1) is 0 Å². The van der Waals surface area contributed by atoms with Gasteiger partial charge in [0.05, 0.1) is 0 Å². The maximum absolute atomic E-state index is 11.8. The van der Waals surface area contributed by atoms with Gasteiger partial charge in [0.1, 0.15) is 0 Å². The molecular formula is C10H16N4O2. The van der Waals surface area contributed by atoms with Gasteiger partial charge in [0.2, 0.25) is 11.5 Å². The van der Waals surface area contributed by atoms with E-state index in [2.05, 4.69) is 34.1 Å². The molecule has 1 aliphatic carbocycles. The van der Waals surface area contributed by atoms with Crippen LogP contribution in [0.5, 0.6) is 0 Å². The molecule has 0 aromatic carbocycles. The fourth-order valence-electron chi connectivity index (χ4n) is 2.17. The number of carbonyl (C=O) groups is 1. The van der Waals surface area contributed by atoms with Crippen molar-refractivity contribution in [1.29, 1.82) is 0 Å². The highest BCUT2D eigenvalue weighted by Gasteiger charge is 2.36. The van der Waals surface area contributed by atoms with E-state index in [1.54, 1.807) is 0 Å². The SMILES string of the molecule is CC1(C)CCCC1NC(=O)c1nonc1N. The minimum absolute atomic E-state index is 0.0355. The zero-order chi connectivity index (χ0) is 11.8. The first-order valence-corrected chi connectivity index (χ1v) is 5.39. The maximum Gasteiger partial charge on any atom is 0.277 e. The quantitative estimate of drug-likeness (QED) is 0.780. The van der Waals surface area contributed by atoms with Gasteiger partial charge >= 0.3 is 0 Å². The van der Waals surface area contributed by atoms with E-state index >= 15 is 0 Å². The molecule has 1 saturated carbocycles. The summed E-state index contributed by atoms with van der Waals surface area (Å²) in [7, 11) is 0. The van der Waals surface area contributed by atoms with Gasteiger partial charge in [-0.2, -0.15) is 0 Å². The van der Waals surface area contributed by atoms with Crippen LogP contribution in [-0.2, 0) is 0 Å². The summed E-state index contributed by atoms with van der Waals surface area (Å²) in [4.78, 5) is 11.8. The first kappa shape index (κ1) is 10.9. The summed E-state index contributed by atoms with van der Waals surface area (Å²) in [5.74, 6) is -0.271. The van der Waals surface area contributed by atoms with E-state index in [-0.39, 0.29) is 28.9 Å². The van der Waals surface area contributed by atoms with Gasteiger partial charge in [-0.05, 0) is 28.6 Å². The third kappa shape index (κ3) is 1.87. The molecule has 1 amide bonds. The Labute approximate surface area is 93.5 Å². The Morgan fingerprint density at radius 3 is 2.81 bits per heavy atom. The van der Waals surface area contributed by atoms with Crippen molar-refractivity contribution >= 4 is 11.7 Å². The van der Waals surface area contributed by atoms with Gasteiger partial charge in [0, 0.05) is 6.04 Å². The summed E-state index contributed by atoms with van der Waals surface area (Å²) >= 11 is 0. The van der Waals surface area contributed by atoms with E-state index in [0.717, 1.165) is 19.3 Å². The lowest BCUT2D eigenvalue weighted by Crippen LogP contribution is -2.41. The Morgan fingerprint density at radius 2 is 2.31 bits per heavy atom. The van der Waals surface area contributed by atoms with Crippen molar-refractivity contribution in [1.82, 2.24) is 15.6 Å². The second-order valence-corrected chi connectivity index (χ2v) is 4.90. The molecule has 2 rings (SSSR count). The summed E-state index contributed by atoms with van der Waals surface area (Å²) in [5, 5.41) is 9.79. The van der Waals surface area contributed by atoms with Crippen LogP contribution in [-0.4, -0.2) is 22.3 Å². The van der Waals surface area contributed by atoms with Gasteiger partial charge in [-0.1, -0.05) is 20.3 Å². The number of carbonyl (C=O) groups excluding carboxylic acids is 1. The van der Waals surface area contributed by atoms with Crippen molar-refractivity contribution in [2.45, 2.75) is 39.2 Å². The molecule has 6 nitrogen and oxygen atoms in total. The predicted molar refractivity (Wildman–Crippen MR) is 57.6 cm³/mol. The van der Waals surface area contributed by atoms with Crippen LogP contribution in [0.2, 0.25) is 0 Å². The van der Waals surface area contributed by atoms with E-state index in [4.69, 9.17) is 5.73 Å². The lowest BCUT2D eigenvalue weighted by atomic mass is 9.87. The minimum atomic E-state index is -0.307. The number of hydrogen-bond acceptors (Lipinski definition) is 5. The van der Waals surface area contributed by atoms with Gasteiger partial charge in [0.15, 0.2) is 0 Å². The lowest BCUT2D eigenvalue weighted by molar-refractivity contribution is 0.0900. The molecule has 3 N–H and O–H groups in total. The molecule has 1 aromatic heterocycles. The van der Waals surface area contributed by atoms with Crippen LogP contribution < -0.4 is 11.1 Å². The summed E-state index contributed by atoms with van der Waals surface area (Å²) in [6.07, 6.45) is 3.24. The van der Waals surface area contributed by atoms with Crippen molar-refractivity contribution in [3.63, 3.8) is 0 Å². The van der Waals surface area contributed by atoms with E-state index in [1.165, 1.54) is 0 Å². The standard InChI is InChI=1S/C10H16N4O2/c1-10(2)5-3-4-6(10)12-9(15)7-8(11)14-16-13-7/h6H,3-5H2,1-2H3,(H2,11,14)(H,12,15). The van der Waals surface area contributed by atoms with E-state index in [1.807, 2.05) is 0 Å². The molecule has 1 heterocycles. The molecule has 1 aliphatic rings. The second kappa shape index (κ2) is 3.77. The largest absolute Gasteiger partial charge is 0.379 e. The Balaban J connectivity index is 2.06. The van der Waals surface area contributed by atoms with Crippen molar-refractivity contribution in [3.8, 4) is 0 Å². The van der Waals surface area contributed by atoms with Crippen molar-refractivity contribution in [2.24, 2.45) is 5.41 Å². The monoisotopic (exact) mass is 224 g/mol. The lowest BCUT2D eigenvalue weighted by Gasteiger charge is -2.27. The zero-order valence-corrected chi connectivity index (χ0v) is 9.49. The molecule has 1 atom stereocenters. The smallest absolute Gasteiger partial charge is 0.277 e. The fraction of sp³-hybridized carbons (Fsp3) is 0.700. The minimum Gasteiger partial charge on any atom is -0.379 e. The van der Waals surface area contributed by atoms with Crippen LogP contribution in [0.4, 0.5) is 5.82 Å². The molecule has 1 unspecified atom stereocenters. The van der Waals surface area contributed by atoms with Crippen LogP contribution in [0.3, 0.4) is 0 Å². The number of anilines is 1. The molecule has 0 saturated heterocycles. The number of nitrogen functional groups attached to an aromatic ring is 1.